The van der Waals surface area contributed by atoms with Crippen LogP contribution >= 0.6 is 11.3 Å². The van der Waals surface area contributed by atoms with Crippen LogP contribution in [0.25, 0.3) is 0 Å². The Morgan fingerprint density at radius 2 is 2.00 bits per heavy atom. The van der Waals surface area contributed by atoms with Crippen LogP contribution in [-0.2, 0) is 4.74 Å². The van der Waals surface area contributed by atoms with Crippen molar-refractivity contribution in [3.8, 4) is 5.75 Å². The zero-order valence-electron chi connectivity index (χ0n) is 14.7. The number of aryl methyl sites for hydroxylation is 1. The van der Waals surface area contributed by atoms with Crippen molar-refractivity contribution < 1.29 is 14.3 Å². The fourth-order valence-corrected chi connectivity index (χ4v) is 3.89. The molecule has 0 bridgehead atoms. The summed E-state index contributed by atoms with van der Waals surface area (Å²) in [6.45, 7) is 5.72. The van der Waals surface area contributed by atoms with E-state index in [-0.39, 0.29) is 11.9 Å². The summed E-state index contributed by atoms with van der Waals surface area (Å²) < 4.78 is 10.7. The molecule has 3 rings (SSSR count). The van der Waals surface area contributed by atoms with Gasteiger partial charge in [-0.05, 0) is 41.6 Å². The lowest BCUT2D eigenvalue weighted by Gasteiger charge is -2.35. The van der Waals surface area contributed by atoms with E-state index in [0.717, 1.165) is 42.5 Å². The van der Waals surface area contributed by atoms with Gasteiger partial charge in [-0.25, -0.2) is 0 Å². The summed E-state index contributed by atoms with van der Waals surface area (Å²) in [5.41, 5.74) is 2.20. The molecule has 5 nitrogen and oxygen atoms in total. The van der Waals surface area contributed by atoms with Crippen LogP contribution in [0, 0.1) is 6.92 Å². The Kier molecular flexibility index (Phi) is 6.07. The molecule has 1 aromatic carbocycles. The molecule has 2 aromatic rings. The molecule has 0 spiro atoms. The van der Waals surface area contributed by atoms with Crippen molar-refractivity contribution in [1.82, 2.24) is 10.2 Å². The lowest BCUT2D eigenvalue weighted by atomic mass is 10.0. The number of rotatable bonds is 6. The normalized spacial score (nSPS) is 16.4. The molecule has 1 aliphatic heterocycles. The largest absolute Gasteiger partial charge is 0.497 e. The van der Waals surface area contributed by atoms with E-state index < -0.39 is 0 Å². The van der Waals surface area contributed by atoms with Crippen LogP contribution in [-0.4, -0.2) is 50.8 Å². The van der Waals surface area contributed by atoms with Crippen LogP contribution in [0.4, 0.5) is 0 Å². The van der Waals surface area contributed by atoms with Gasteiger partial charge in [0.1, 0.15) is 5.75 Å². The number of nitrogens with zero attached hydrogens (tertiary/aromatic N) is 1. The molecule has 1 amide bonds. The Labute approximate surface area is 152 Å². The van der Waals surface area contributed by atoms with E-state index >= 15 is 0 Å². The van der Waals surface area contributed by atoms with E-state index in [4.69, 9.17) is 9.47 Å². The van der Waals surface area contributed by atoms with E-state index in [2.05, 4.69) is 22.3 Å². The molecular formula is C19H24N2O3S. The van der Waals surface area contributed by atoms with E-state index in [1.54, 1.807) is 7.11 Å². The molecule has 0 saturated carbocycles. The van der Waals surface area contributed by atoms with Crippen LogP contribution in [0.15, 0.2) is 35.7 Å². The van der Waals surface area contributed by atoms with Crippen LogP contribution in [0.2, 0.25) is 0 Å². The molecule has 0 aliphatic carbocycles. The molecule has 6 heteroatoms. The summed E-state index contributed by atoms with van der Waals surface area (Å²) in [6.07, 6.45) is 0. The number of hydrogen-bond acceptors (Lipinski definition) is 5. The van der Waals surface area contributed by atoms with Crippen molar-refractivity contribution in [1.29, 1.82) is 0 Å². The Balaban J connectivity index is 1.73. The van der Waals surface area contributed by atoms with Crippen molar-refractivity contribution in [2.24, 2.45) is 0 Å². The summed E-state index contributed by atoms with van der Waals surface area (Å²) >= 11 is 1.48. The zero-order chi connectivity index (χ0) is 17.6. The number of benzene rings is 1. The van der Waals surface area contributed by atoms with Gasteiger partial charge in [-0.3, -0.25) is 9.69 Å². The lowest BCUT2D eigenvalue weighted by Crippen LogP contribution is -2.43. The van der Waals surface area contributed by atoms with Crippen molar-refractivity contribution in [3.63, 3.8) is 0 Å². The average molecular weight is 360 g/mol. The number of methoxy groups -OCH3 is 1. The van der Waals surface area contributed by atoms with Gasteiger partial charge in [0, 0.05) is 19.6 Å². The van der Waals surface area contributed by atoms with Crippen molar-refractivity contribution in [2.45, 2.75) is 13.0 Å². The summed E-state index contributed by atoms with van der Waals surface area (Å²) in [5.74, 6) is 0.835. The molecule has 1 fully saturated rings. The number of carbonyl (C=O) groups excluding carboxylic acids is 1. The second-order valence-corrected chi connectivity index (χ2v) is 7.00. The van der Waals surface area contributed by atoms with Gasteiger partial charge in [-0.15, -0.1) is 11.3 Å². The molecule has 2 heterocycles. The third-order valence-corrected chi connectivity index (χ3v) is 5.53. The average Bonchev–Trinajstić information content (AvgIpc) is 3.09. The molecule has 0 unspecified atom stereocenters. The van der Waals surface area contributed by atoms with Crippen LogP contribution < -0.4 is 10.1 Å². The van der Waals surface area contributed by atoms with Gasteiger partial charge in [-0.1, -0.05) is 12.1 Å². The fourth-order valence-electron chi connectivity index (χ4n) is 3.05. The molecule has 25 heavy (non-hydrogen) atoms. The minimum atomic E-state index is -0.000675. The second-order valence-electron chi connectivity index (χ2n) is 6.08. The first kappa shape index (κ1) is 17.9. The standard InChI is InChI=1S/C19H24N2O3S/c1-14-7-12-25-18(14)19(22)20-13-17(21-8-10-24-11-9-21)15-3-5-16(23-2)6-4-15/h3-7,12,17H,8-11,13H2,1-2H3,(H,20,22)/t17-/m0/s1. The summed E-state index contributed by atoms with van der Waals surface area (Å²) in [5, 5.41) is 5.06. The summed E-state index contributed by atoms with van der Waals surface area (Å²) in [6, 6.07) is 10.2. The number of hydrogen-bond donors (Lipinski definition) is 1. The summed E-state index contributed by atoms with van der Waals surface area (Å²) in [4.78, 5) is 15.6. The van der Waals surface area contributed by atoms with Crippen LogP contribution in [0.3, 0.4) is 0 Å². The molecule has 0 radical (unpaired) electrons. The number of nitrogens with one attached hydrogen (secondary N) is 1. The fraction of sp³-hybridized carbons (Fsp3) is 0.421. The minimum absolute atomic E-state index is 0.000675. The number of morpholine rings is 1. The van der Waals surface area contributed by atoms with E-state index in [9.17, 15) is 4.79 Å². The highest BCUT2D eigenvalue weighted by Gasteiger charge is 2.24. The second kappa shape index (κ2) is 8.47. The Morgan fingerprint density at radius 1 is 1.28 bits per heavy atom. The first-order valence-corrected chi connectivity index (χ1v) is 9.35. The Hall–Kier alpha value is -1.89. The topological polar surface area (TPSA) is 50.8 Å². The van der Waals surface area contributed by atoms with Gasteiger partial charge in [0.15, 0.2) is 0 Å². The lowest BCUT2D eigenvalue weighted by molar-refractivity contribution is 0.0162. The van der Waals surface area contributed by atoms with E-state index in [1.807, 2.05) is 30.5 Å². The van der Waals surface area contributed by atoms with Gasteiger partial charge in [0.25, 0.3) is 5.91 Å². The molecule has 1 aromatic heterocycles. The molecule has 1 N–H and O–H groups in total. The maximum Gasteiger partial charge on any atom is 0.261 e. The third kappa shape index (κ3) is 4.39. The maximum atomic E-state index is 12.5. The molecule has 1 saturated heterocycles. The molecule has 1 atom stereocenters. The first-order chi connectivity index (χ1) is 12.2. The predicted molar refractivity (Wildman–Crippen MR) is 99.5 cm³/mol. The zero-order valence-corrected chi connectivity index (χ0v) is 15.5. The van der Waals surface area contributed by atoms with Gasteiger partial charge >= 0.3 is 0 Å². The number of carbonyl (C=O) groups is 1. The van der Waals surface area contributed by atoms with Gasteiger partial charge in [0.2, 0.25) is 0 Å². The molecular weight excluding hydrogens is 336 g/mol. The van der Waals surface area contributed by atoms with Crippen LogP contribution in [0.5, 0.6) is 5.75 Å². The number of amides is 1. The van der Waals surface area contributed by atoms with Crippen molar-refractivity contribution in [3.05, 3.63) is 51.7 Å². The van der Waals surface area contributed by atoms with Gasteiger partial charge in [0.05, 0.1) is 31.2 Å². The van der Waals surface area contributed by atoms with Crippen molar-refractivity contribution in [2.75, 3.05) is 40.0 Å². The van der Waals surface area contributed by atoms with Gasteiger partial charge < -0.3 is 14.8 Å². The monoisotopic (exact) mass is 360 g/mol. The van der Waals surface area contributed by atoms with E-state index in [0.29, 0.717) is 6.54 Å². The third-order valence-electron chi connectivity index (χ3n) is 4.51. The number of thiophene rings is 1. The van der Waals surface area contributed by atoms with Crippen LogP contribution in [0.1, 0.15) is 26.8 Å². The van der Waals surface area contributed by atoms with E-state index in [1.165, 1.54) is 16.9 Å². The van der Waals surface area contributed by atoms with Crippen molar-refractivity contribution >= 4 is 17.2 Å². The molecule has 1 aliphatic rings. The highest BCUT2D eigenvalue weighted by atomic mass is 32.1. The van der Waals surface area contributed by atoms with Gasteiger partial charge in [-0.2, -0.15) is 0 Å². The Bertz CT molecular complexity index is 693. The predicted octanol–water partition coefficient (Wildman–Crippen LogP) is 2.87. The quantitative estimate of drug-likeness (QED) is 0.861. The highest BCUT2D eigenvalue weighted by Crippen LogP contribution is 2.24. The Morgan fingerprint density at radius 3 is 2.60 bits per heavy atom. The minimum Gasteiger partial charge on any atom is -0.497 e. The molecule has 134 valence electrons. The first-order valence-electron chi connectivity index (χ1n) is 8.47. The SMILES string of the molecule is COc1ccc([C@H](CNC(=O)c2sccc2C)N2CCOCC2)cc1. The maximum absolute atomic E-state index is 12.5. The summed E-state index contributed by atoms with van der Waals surface area (Å²) in [7, 11) is 1.66. The highest BCUT2D eigenvalue weighted by molar-refractivity contribution is 7.12. The smallest absolute Gasteiger partial charge is 0.261 e. The number of ether oxygens (including phenoxy) is 2.